The summed E-state index contributed by atoms with van der Waals surface area (Å²) in [5, 5.41) is 4.80. The summed E-state index contributed by atoms with van der Waals surface area (Å²) in [6, 6.07) is 3.74. The SMILES string of the molecule is CCCc1nc(NCC)cc(Sc2ncccn2)n1. The Morgan fingerprint density at radius 1 is 1.16 bits per heavy atom. The van der Waals surface area contributed by atoms with Crippen LogP contribution in [0, 0.1) is 0 Å². The lowest BCUT2D eigenvalue weighted by Gasteiger charge is -2.07. The summed E-state index contributed by atoms with van der Waals surface area (Å²) < 4.78 is 0. The molecular weight excluding hydrogens is 258 g/mol. The maximum absolute atomic E-state index is 4.53. The summed E-state index contributed by atoms with van der Waals surface area (Å²) in [6.45, 7) is 5.01. The fraction of sp³-hybridized carbons (Fsp3) is 0.385. The highest BCUT2D eigenvalue weighted by atomic mass is 32.2. The minimum absolute atomic E-state index is 0.700. The summed E-state index contributed by atoms with van der Waals surface area (Å²) in [5.41, 5.74) is 0. The van der Waals surface area contributed by atoms with E-state index < -0.39 is 0 Å². The molecule has 0 aromatic carbocycles. The van der Waals surface area contributed by atoms with Gasteiger partial charge in [0.1, 0.15) is 16.7 Å². The largest absolute Gasteiger partial charge is 0.370 e. The zero-order chi connectivity index (χ0) is 13.5. The van der Waals surface area contributed by atoms with Crippen LogP contribution in [-0.2, 0) is 6.42 Å². The summed E-state index contributed by atoms with van der Waals surface area (Å²) in [6.07, 6.45) is 5.37. The van der Waals surface area contributed by atoms with Crippen molar-refractivity contribution in [3.63, 3.8) is 0 Å². The van der Waals surface area contributed by atoms with E-state index in [1.54, 1.807) is 18.5 Å². The lowest BCUT2D eigenvalue weighted by molar-refractivity contribution is 0.808. The van der Waals surface area contributed by atoms with E-state index in [-0.39, 0.29) is 0 Å². The third-order valence-electron chi connectivity index (χ3n) is 2.32. The van der Waals surface area contributed by atoms with Gasteiger partial charge in [0.25, 0.3) is 0 Å². The van der Waals surface area contributed by atoms with Crippen molar-refractivity contribution in [1.82, 2.24) is 19.9 Å². The Kier molecular flexibility index (Phi) is 5.09. The normalized spacial score (nSPS) is 10.4. The number of nitrogens with one attached hydrogen (secondary N) is 1. The molecule has 2 aromatic heterocycles. The molecular formula is C13H17N5S. The Morgan fingerprint density at radius 2 is 1.95 bits per heavy atom. The van der Waals surface area contributed by atoms with Crippen molar-refractivity contribution < 1.29 is 0 Å². The van der Waals surface area contributed by atoms with Gasteiger partial charge in [0.05, 0.1) is 0 Å². The first-order chi connectivity index (χ1) is 9.31. The minimum Gasteiger partial charge on any atom is -0.370 e. The predicted octanol–water partition coefficient (Wildman–Crippen LogP) is 2.80. The molecule has 2 heterocycles. The third-order valence-corrected chi connectivity index (χ3v) is 3.13. The van der Waals surface area contributed by atoms with Crippen LogP contribution in [0.4, 0.5) is 5.82 Å². The van der Waals surface area contributed by atoms with Gasteiger partial charge in [-0.2, -0.15) is 0 Å². The molecule has 0 aliphatic carbocycles. The second-order valence-corrected chi connectivity index (χ2v) is 4.91. The highest BCUT2D eigenvalue weighted by Crippen LogP contribution is 2.24. The van der Waals surface area contributed by atoms with Gasteiger partial charge in [0.2, 0.25) is 0 Å². The van der Waals surface area contributed by atoms with Gasteiger partial charge in [-0.3, -0.25) is 0 Å². The van der Waals surface area contributed by atoms with E-state index in [1.807, 2.05) is 6.07 Å². The number of anilines is 1. The quantitative estimate of drug-likeness (QED) is 0.646. The van der Waals surface area contributed by atoms with Crippen molar-refractivity contribution in [3.05, 3.63) is 30.4 Å². The van der Waals surface area contributed by atoms with Crippen LogP contribution in [0.15, 0.2) is 34.7 Å². The highest BCUT2D eigenvalue weighted by Gasteiger charge is 2.06. The van der Waals surface area contributed by atoms with Crippen LogP contribution in [0.1, 0.15) is 26.1 Å². The molecule has 100 valence electrons. The van der Waals surface area contributed by atoms with Gasteiger partial charge in [-0.25, -0.2) is 19.9 Å². The van der Waals surface area contributed by atoms with E-state index in [4.69, 9.17) is 0 Å². The lowest BCUT2D eigenvalue weighted by atomic mass is 10.3. The van der Waals surface area contributed by atoms with E-state index in [9.17, 15) is 0 Å². The van der Waals surface area contributed by atoms with Gasteiger partial charge in [-0.1, -0.05) is 6.92 Å². The van der Waals surface area contributed by atoms with E-state index >= 15 is 0 Å². The van der Waals surface area contributed by atoms with Crippen LogP contribution in [0.25, 0.3) is 0 Å². The van der Waals surface area contributed by atoms with Crippen molar-refractivity contribution in [2.45, 2.75) is 36.9 Å². The number of aromatic nitrogens is 4. The molecule has 0 fully saturated rings. The summed E-state index contributed by atoms with van der Waals surface area (Å²) in [4.78, 5) is 17.4. The van der Waals surface area contributed by atoms with Crippen molar-refractivity contribution in [2.75, 3.05) is 11.9 Å². The summed E-state index contributed by atoms with van der Waals surface area (Å²) in [7, 11) is 0. The smallest absolute Gasteiger partial charge is 0.193 e. The Labute approximate surface area is 117 Å². The first-order valence-electron chi connectivity index (χ1n) is 6.38. The van der Waals surface area contributed by atoms with Crippen LogP contribution in [0.2, 0.25) is 0 Å². The molecule has 0 saturated carbocycles. The molecule has 0 saturated heterocycles. The van der Waals surface area contributed by atoms with Gasteiger partial charge >= 0.3 is 0 Å². The average Bonchev–Trinajstić information content (AvgIpc) is 2.40. The van der Waals surface area contributed by atoms with Crippen molar-refractivity contribution >= 4 is 17.6 Å². The van der Waals surface area contributed by atoms with E-state index in [1.165, 1.54) is 11.8 Å². The first-order valence-corrected chi connectivity index (χ1v) is 7.20. The number of nitrogens with zero attached hydrogens (tertiary/aromatic N) is 4. The van der Waals surface area contributed by atoms with Crippen molar-refractivity contribution in [1.29, 1.82) is 0 Å². The molecule has 2 rings (SSSR count). The Balaban J connectivity index is 2.23. The first kappa shape index (κ1) is 13.7. The van der Waals surface area contributed by atoms with E-state index in [0.717, 1.165) is 36.1 Å². The molecule has 2 aromatic rings. The molecule has 0 spiro atoms. The Morgan fingerprint density at radius 3 is 2.63 bits per heavy atom. The number of hydrogen-bond acceptors (Lipinski definition) is 6. The highest BCUT2D eigenvalue weighted by molar-refractivity contribution is 7.99. The summed E-state index contributed by atoms with van der Waals surface area (Å²) >= 11 is 1.45. The number of hydrogen-bond donors (Lipinski definition) is 1. The third kappa shape index (κ3) is 4.17. The van der Waals surface area contributed by atoms with Gasteiger partial charge in [0, 0.05) is 31.4 Å². The molecule has 0 radical (unpaired) electrons. The molecule has 6 heteroatoms. The van der Waals surface area contributed by atoms with Gasteiger partial charge in [-0.05, 0) is 31.2 Å². The molecule has 0 amide bonds. The molecule has 5 nitrogen and oxygen atoms in total. The zero-order valence-electron chi connectivity index (χ0n) is 11.1. The van der Waals surface area contributed by atoms with Crippen molar-refractivity contribution in [3.8, 4) is 0 Å². The molecule has 0 unspecified atom stereocenters. The predicted molar refractivity (Wildman–Crippen MR) is 76.3 cm³/mol. The standard InChI is InChI=1S/C13H17N5S/c1-3-6-10-17-11(14-4-2)9-12(18-10)19-13-15-7-5-8-16-13/h5,7-9H,3-4,6H2,1-2H3,(H,14,17,18). The van der Waals surface area contributed by atoms with Crippen LogP contribution in [-0.4, -0.2) is 26.5 Å². The second-order valence-electron chi connectivity index (χ2n) is 3.92. The number of rotatable bonds is 6. The lowest BCUT2D eigenvalue weighted by Crippen LogP contribution is -2.04. The average molecular weight is 275 g/mol. The van der Waals surface area contributed by atoms with E-state index in [0.29, 0.717) is 5.16 Å². The van der Waals surface area contributed by atoms with E-state index in [2.05, 4.69) is 39.1 Å². The zero-order valence-corrected chi connectivity index (χ0v) is 11.9. The second kappa shape index (κ2) is 7.04. The Bertz CT molecular complexity index is 493. The maximum Gasteiger partial charge on any atom is 0.193 e. The van der Waals surface area contributed by atoms with Crippen LogP contribution in [0.3, 0.4) is 0 Å². The molecule has 0 atom stereocenters. The molecule has 0 bridgehead atoms. The summed E-state index contributed by atoms with van der Waals surface area (Å²) in [5.74, 6) is 1.72. The van der Waals surface area contributed by atoms with Crippen molar-refractivity contribution in [2.24, 2.45) is 0 Å². The molecule has 0 aliphatic heterocycles. The van der Waals surface area contributed by atoms with Crippen LogP contribution < -0.4 is 5.32 Å². The van der Waals surface area contributed by atoms with Gasteiger partial charge in [0.15, 0.2) is 5.16 Å². The maximum atomic E-state index is 4.53. The number of aryl methyl sites for hydroxylation is 1. The van der Waals surface area contributed by atoms with Crippen LogP contribution in [0.5, 0.6) is 0 Å². The fourth-order valence-electron chi connectivity index (χ4n) is 1.56. The fourth-order valence-corrected chi connectivity index (χ4v) is 2.30. The van der Waals surface area contributed by atoms with Crippen LogP contribution >= 0.6 is 11.8 Å². The van der Waals surface area contributed by atoms with Gasteiger partial charge < -0.3 is 5.32 Å². The minimum atomic E-state index is 0.700. The van der Waals surface area contributed by atoms with Gasteiger partial charge in [-0.15, -0.1) is 0 Å². The molecule has 1 N–H and O–H groups in total. The molecule has 0 aliphatic rings. The molecule has 19 heavy (non-hydrogen) atoms. The monoisotopic (exact) mass is 275 g/mol. The topological polar surface area (TPSA) is 63.6 Å². The Hall–Kier alpha value is -1.69.